The molecule has 8 heteroatoms. The van der Waals surface area contributed by atoms with E-state index in [0.717, 1.165) is 47.1 Å². The van der Waals surface area contributed by atoms with Gasteiger partial charge in [-0.25, -0.2) is 0 Å². The second-order valence-corrected chi connectivity index (χ2v) is 17.4. The first-order valence-corrected chi connectivity index (χ1v) is 16.6. The molecule has 1 aliphatic carbocycles. The number of amides is 1. The molecule has 1 saturated carbocycles. The first-order valence-electron chi connectivity index (χ1n) is 11.7. The van der Waals surface area contributed by atoms with Crippen molar-refractivity contribution < 1.29 is 19.0 Å². The fourth-order valence-corrected chi connectivity index (χ4v) is 5.99. The molecule has 1 fully saturated rings. The van der Waals surface area contributed by atoms with Crippen LogP contribution in [0.1, 0.15) is 28.8 Å². The maximum absolute atomic E-state index is 11.8. The Morgan fingerprint density at radius 2 is 1.77 bits per heavy atom. The van der Waals surface area contributed by atoms with Crippen LogP contribution in [0, 0.1) is 0 Å². The van der Waals surface area contributed by atoms with Crippen molar-refractivity contribution >= 4 is 36.9 Å². The van der Waals surface area contributed by atoms with Crippen LogP contribution in [0.4, 0.5) is 0 Å². The van der Waals surface area contributed by atoms with Crippen LogP contribution in [0.5, 0.6) is 5.75 Å². The Hall–Kier alpha value is -2.16. The molecular weight excluding hydrogens is 498 g/mol. The van der Waals surface area contributed by atoms with E-state index in [0.29, 0.717) is 22.4 Å². The lowest BCUT2D eigenvalue weighted by molar-refractivity contribution is -0.101. The standard InChI is InChI=1S/C27H32ClNO4SSi/c1-31-23-15-19(25-22(26(29)30)16-24(28)34-25)7-10-21(23)18-5-8-20(9-6-18)27(11-12-27)33-17-32-13-14-35(2,3)4/h5-10,15-16H,11-14,17H2,1-4H3,(H2,29,30)/q-1. The highest BCUT2D eigenvalue weighted by Crippen LogP contribution is 2.49. The number of thiophene rings is 1. The fraction of sp³-hybridized carbons (Fsp3) is 0.370. The molecule has 0 spiro atoms. The molecule has 1 aliphatic rings. The second-order valence-electron chi connectivity index (χ2n) is 10.1. The van der Waals surface area contributed by atoms with Gasteiger partial charge in [-0.15, -0.1) is 25.5 Å². The predicted octanol–water partition coefficient (Wildman–Crippen LogP) is 7.16. The summed E-state index contributed by atoms with van der Waals surface area (Å²) in [6.45, 7) is 8.14. The van der Waals surface area contributed by atoms with Crippen LogP contribution < -0.4 is 10.5 Å². The maximum atomic E-state index is 11.8. The molecule has 187 valence electrons. The van der Waals surface area contributed by atoms with Crippen molar-refractivity contribution in [2.75, 3.05) is 20.5 Å². The zero-order chi connectivity index (χ0) is 25.2. The van der Waals surface area contributed by atoms with Crippen LogP contribution in [-0.2, 0) is 15.1 Å². The smallest absolute Gasteiger partial charge is 0.250 e. The third-order valence-electron chi connectivity index (χ3n) is 6.27. The van der Waals surface area contributed by atoms with Gasteiger partial charge in [0.2, 0.25) is 5.91 Å². The minimum atomic E-state index is -1.09. The number of nitrogens with two attached hydrogens (primary N) is 1. The van der Waals surface area contributed by atoms with Crippen molar-refractivity contribution in [2.24, 2.45) is 5.73 Å². The van der Waals surface area contributed by atoms with Gasteiger partial charge < -0.3 is 19.9 Å². The van der Waals surface area contributed by atoms with E-state index >= 15 is 0 Å². The third-order valence-corrected chi connectivity index (χ3v) is 9.29. The van der Waals surface area contributed by atoms with Crippen molar-refractivity contribution in [1.82, 2.24) is 0 Å². The number of carbonyl (C=O) groups excluding carboxylic acids is 1. The largest absolute Gasteiger partial charge is 0.496 e. The van der Waals surface area contributed by atoms with Gasteiger partial charge in [0.25, 0.3) is 0 Å². The Balaban J connectivity index is 1.48. The normalized spacial score (nSPS) is 14.7. The number of benzene rings is 2. The summed E-state index contributed by atoms with van der Waals surface area (Å²) in [4.78, 5) is 12.6. The number of methoxy groups -OCH3 is 1. The minimum Gasteiger partial charge on any atom is -0.496 e. The molecule has 0 bridgehead atoms. The Labute approximate surface area is 217 Å². The minimum absolute atomic E-state index is 0.227. The van der Waals surface area contributed by atoms with Crippen molar-refractivity contribution in [1.29, 1.82) is 0 Å². The number of hydrogen-bond acceptors (Lipinski definition) is 5. The van der Waals surface area contributed by atoms with Gasteiger partial charge in [0.05, 0.1) is 22.6 Å². The zero-order valence-corrected chi connectivity index (χ0v) is 23.2. The lowest BCUT2D eigenvalue weighted by Gasteiger charge is -2.27. The van der Waals surface area contributed by atoms with Crippen molar-refractivity contribution in [3.63, 3.8) is 0 Å². The van der Waals surface area contributed by atoms with E-state index in [9.17, 15) is 4.79 Å². The quantitative estimate of drug-likeness (QED) is 0.162. The van der Waals surface area contributed by atoms with Gasteiger partial charge in [-0.1, -0.05) is 48.0 Å². The molecule has 1 heterocycles. The molecule has 35 heavy (non-hydrogen) atoms. The van der Waals surface area contributed by atoms with Crippen LogP contribution >= 0.6 is 22.9 Å². The predicted molar refractivity (Wildman–Crippen MR) is 146 cm³/mol. The summed E-state index contributed by atoms with van der Waals surface area (Å²) in [5.74, 6) is 0.211. The van der Waals surface area contributed by atoms with E-state index in [1.165, 1.54) is 16.9 Å². The van der Waals surface area contributed by atoms with Crippen LogP contribution in [0.15, 0.2) is 48.5 Å². The molecule has 1 aromatic heterocycles. The lowest BCUT2D eigenvalue weighted by Crippen LogP contribution is -2.22. The molecule has 0 unspecified atom stereocenters. The third kappa shape index (κ3) is 6.16. The molecule has 2 N–H and O–H groups in total. The molecule has 0 saturated heterocycles. The molecule has 0 radical (unpaired) electrons. The summed E-state index contributed by atoms with van der Waals surface area (Å²) in [6.07, 6.45) is 2.01. The van der Waals surface area contributed by atoms with Gasteiger partial charge in [0.1, 0.15) is 12.5 Å². The summed E-state index contributed by atoms with van der Waals surface area (Å²) in [7, 11) is 0.547. The van der Waals surface area contributed by atoms with E-state index in [1.54, 1.807) is 13.2 Å². The Morgan fingerprint density at radius 1 is 1.09 bits per heavy atom. The van der Waals surface area contributed by atoms with Gasteiger partial charge in [-0.2, -0.15) is 19.6 Å². The van der Waals surface area contributed by atoms with Gasteiger partial charge in [-0.3, -0.25) is 4.79 Å². The molecule has 4 rings (SSSR count). The highest BCUT2D eigenvalue weighted by Gasteiger charge is 2.45. The van der Waals surface area contributed by atoms with Crippen molar-refractivity contribution in [2.45, 2.75) is 44.1 Å². The van der Waals surface area contributed by atoms with Gasteiger partial charge in [0, 0.05) is 17.0 Å². The maximum Gasteiger partial charge on any atom is 0.250 e. The average molecular weight is 530 g/mol. The van der Waals surface area contributed by atoms with E-state index in [1.807, 2.05) is 18.2 Å². The second kappa shape index (κ2) is 10.4. The monoisotopic (exact) mass is 529 g/mol. The topological polar surface area (TPSA) is 70.8 Å². The van der Waals surface area contributed by atoms with Gasteiger partial charge >= 0.3 is 0 Å². The SMILES string of the molecule is COc1cc(-c2sc(Cl)cc2C(N)=O)ccc1-c1ccc(C2(OCOCC[Si-](C)(C)C)CC2)cc1. The van der Waals surface area contributed by atoms with E-state index in [4.69, 9.17) is 31.5 Å². The number of rotatable bonds is 11. The van der Waals surface area contributed by atoms with Crippen molar-refractivity contribution in [3.8, 4) is 27.3 Å². The average Bonchev–Trinajstić information content (AvgIpc) is 3.50. The Kier molecular flexibility index (Phi) is 7.73. The van der Waals surface area contributed by atoms with Gasteiger partial charge in [0.15, 0.2) is 0 Å². The highest BCUT2D eigenvalue weighted by atomic mass is 35.5. The van der Waals surface area contributed by atoms with Crippen molar-refractivity contribution in [3.05, 3.63) is 64.0 Å². The number of ether oxygens (including phenoxy) is 3. The van der Waals surface area contributed by atoms with E-state index in [-0.39, 0.29) is 5.60 Å². The summed E-state index contributed by atoms with van der Waals surface area (Å²) in [5, 5.41) is 0. The molecule has 3 aromatic rings. The van der Waals surface area contributed by atoms with Crippen LogP contribution in [0.2, 0.25) is 30.0 Å². The first kappa shape index (κ1) is 25.9. The molecule has 5 nitrogen and oxygen atoms in total. The number of carbonyl (C=O) groups is 1. The van der Waals surface area contributed by atoms with E-state index < -0.39 is 14.0 Å². The van der Waals surface area contributed by atoms with Crippen LogP contribution in [0.25, 0.3) is 21.6 Å². The first-order chi connectivity index (χ1) is 16.6. The lowest BCUT2D eigenvalue weighted by atomic mass is 9.98. The van der Waals surface area contributed by atoms with E-state index in [2.05, 4.69) is 43.9 Å². The summed E-state index contributed by atoms with van der Waals surface area (Å²) < 4.78 is 18.1. The molecule has 0 atom stereocenters. The van der Waals surface area contributed by atoms with Gasteiger partial charge in [-0.05, 0) is 41.7 Å². The summed E-state index contributed by atoms with van der Waals surface area (Å²) >= 11 is 7.47. The Bertz CT molecular complexity index is 1200. The molecule has 0 aliphatic heterocycles. The Morgan fingerprint density at radius 3 is 2.37 bits per heavy atom. The van der Waals surface area contributed by atoms with Crippen LogP contribution in [-0.4, -0.2) is 34.5 Å². The fourth-order valence-electron chi connectivity index (χ4n) is 4.00. The number of halogens is 1. The summed E-state index contributed by atoms with van der Waals surface area (Å²) in [6, 6.07) is 17.1. The number of hydrogen-bond donors (Lipinski definition) is 1. The highest BCUT2D eigenvalue weighted by molar-refractivity contribution is 7.19. The zero-order valence-electron chi connectivity index (χ0n) is 20.7. The number of primary amides is 1. The molecule has 2 aromatic carbocycles. The summed E-state index contributed by atoms with van der Waals surface area (Å²) in [5.41, 5.74) is 9.74. The molecular formula is C27H32ClNO4SSi-. The van der Waals surface area contributed by atoms with Crippen LogP contribution in [0.3, 0.4) is 0 Å². The molecule has 1 amide bonds.